The van der Waals surface area contributed by atoms with Gasteiger partial charge in [0.25, 0.3) is 0 Å². The zero-order valence-electron chi connectivity index (χ0n) is 28.7. The van der Waals surface area contributed by atoms with E-state index >= 15 is 0 Å². The zero-order valence-corrected chi connectivity index (χ0v) is 29.5. The summed E-state index contributed by atoms with van der Waals surface area (Å²) in [6, 6.07) is 32.3. The lowest BCUT2D eigenvalue weighted by Gasteiger charge is -2.23. The van der Waals surface area contributed by atoms with Crippen molar-refractivity contribution in [1.29, 1.82) is 0 Å². The third-order valence-electron chi connectivity index (χ3n) is 7.00. The number of carbonyl (C=O) groups is 2. The van der Waals surface area contributed by atoms with Crippen LogP contribution in [0.2, 0.25) is 0 Å². The molecule has 0 bridgehead atoms. The number of rotatable bonds is 10. The number of nitrogens with one attached hydrogen (secondary N) is 2. The molecule has 0 saturated carbocycles. The largest absolute Gasteiger partial charge is 0.444 e. The second-order valence-corrected chi connectivity index (χ2v) is 15.7. The molecule has 0 radical (unpaired) electrons. The number of anilines is 2. The molecular weight excluding hydrogens is 637 g/mol. The molecule has 4 aromatic rings. The lowest BCUT2D eigenvalue weighted by atomic mass is 10.1. The van der Waals surface area contributed by atoms with Crippen molar-refractivity contribution < 1.29 is 27.5 Å². The van der Waals surface area contributed by atoms with Crippen LogP contribution in [0.4, 0.5) is 21.0 Å². The molecule has 0 saturated heterocycles. The highest BCUT2D eigenvalue weighted by Crippen LogP contribution is 2.38. The van der Waals surface area contributed by atoms with Gasteiger partial charge in [-0.15, -0.1) is 0 Å². The van der Waals surface area contributed by atoms with Crippen LogP contribution in [0, 0.1) is 0 Å². The van der Waals surface area contributed by atoms with Crippen molar-refractivity contribution in [2.24, 2.45) is 0 Å². The van der Waals surface area contributed by atoms with E-state index in [4.69, 9.17) is 9.47 Å². The molecule has 0 aliphatic heterocycles. The molecule has 0 heterocycles. The standard InChI is InChI=1S/C40H44N2O6S/c1-39(2,3)47-37(43)41-33-23-19-31(20-24-33)35(27-17-29-13-9-7-10-14-29)49(45,46)36(28-18-30-15-11-8-12-16-30)32-21-25-34(26-22-32)42-38(44)48-40(4,5)6/h7-28,35-36H,1-6H3,(H,41,43)(H,42,44). The van der Waals surface area contributed by atoms with Gasteiger partial charge in [-0.1, -0.05) is 109 Å². The second kappa shape index (κ2) is 15.8. The van der Waals surface area contributed by atoms with Crippen LogP contribution in [0.1, 0.15) is 74.3 Å². The number of ether oxygens (including phenoxy) is 2. The molecule has 0 fully saturated rings. The van der Waals surface area contributed by atoms with Gasteiger partial charge in [-0.25, -0.2) is 18.0 Å². The van der Waals surface area contributed by atoms with Gasteiger partial charge in [0.15, 0.2) is 9.84 Å². The van der Waals surface area contributed by atoms with E-state index in [0.717, 1.165) is 11.1 Å². The van der Waals surface area contributed by atoms with Crippen LogP contribution in [0.25, 0.3) is 12.2 Å². The van der Waals surface area contributed by atoms with Gasteiger partial charge in [-0.05, 0) is 88.1 Å². The Morgan fingerprint density at radius 1 is 0.551 bits per heavy atom. The average molecular weight is 681 g/mol. The fraction of sp³-hybridized carbons (Fsp3) is 0.250. The number of hydrogen-bond donors (Lipinski definition) is 2. The van der Waals surface area contributed by atoms with Crippen molar-refractivity contribution >= 4 is 45.6 Å². The molecule has 0 aliphatic carbocycles. The molecular formula is C40H44N2O6S. The Labute approximate surface area is 289 Å². The van der Waals surface area contributed by atoms with Crippen LogP contribution in [0.3, 0.4) is 0 Å². The van der Waals surface area contributed by atoms with Gasteiger partial charge in [-0.3, -0.25) is 10.6 Å². The van der Waals surface area contributed by atoms with Gasteiger partial charge in [0.2, 0.25) is 0 Å². The lowest BCUT2D eigenvalue weighted by molar-refractivity contribution is 0.0624. The van der Waals surface area contributed by atoms with Crippen LogP contribution in [-0.2, 0) is 19.3 Å². The molecule has 2 amide bonds. The topological polar surface area (TPSA) is 111 Å². The van der Waals surface area contributed by atoms with Gasteiger partial charge < -0.3 is 9.47 Å². The van der Waals surface area contributed by atoms with Crippen molar-refractivity contribution in [1.82, 2.24) is 0 Å². The number of hydrogen-bond acceptors (Lipinski definition) is 6. The van der Waals surface area contributed by atoms with Gasteiger partial charge in [-0.2, -0.15) is 0 Å². The van der Waals surface area contributed by atoms with E-state index < -0.39 is 43.7 Å². The summed E-state index contributed by atoms with van der Waals surface area (Å²) in [6.07, 6.45) is 5.74. The van der Waals surface area contributed by atoms with Crippen LogP contribution >= 0.6 is 0 Å². The Balaban J connectivity index is 1.74. The maximum absolute atomic E-state index is 14.8. The Bertz CT molecular complexity index is 1720. The molecule has 8 nitrogen and oxygen atoms in total. The SMILES string of the molecule is CC(C)(C)OC(=O)Nc1ccc(C(C=Cc2ccccc2)S(=O)(=O)C(C=Cc2ccccc2)c2ccc(NC(=O)OC(C)(C)C)cc2)cc1. The molecule has 0 spiro atoms. The summed E-state index contributed by atoms with van der Waals surface area (Å²) in [4.78, 5) is 24.7. The summed E-state index contributed by atoms with van der Waals surface area (Å²) in [7, 11) is -4.03. The van der Waals surface area contributed by atoms with Gasteiger partial charge in [0.05, 0.1) is 0 Å². The second-order valence-electron chi connectivity index (χ2n) is 13.5. The first-order valence-corrected chi connectivity index (χ1v) is 17.6. The van der Waals surface area contributed by atoms with Crippen molar-refractivity contribution in [3.63, 3.8) is 0 Å². The van der Waals surface area contributed by atoms with E-state index in [1.54, 1.807) is 114 Å². The maximum atomic E-state index is 14.8. The summed E-state index contributed by atoms with van der Waals surface area (Å²) in [5, 5.41) is 3.28. The minimum absolute atomic E-state index is 0.467. The summed E-state index contributed by atoms with van der Waals surface area (Å²) in [5.74, 6) is 0. The van der Waals surface area contributed by atoms with Crippen LogP contribution < -0.4 is 10.6 Å². The molecule has 49 heavy (non-hydrogen) atoms. The quantitative estimate of drug-likeness (QED) is 0.173. The molecule has 0 aliphatic rings. The van der Waals surface area contributed by atoms with E-state index in [1.807, 2.05) is 60.7 Å². The van der Waals surface area contributed by atoms with Crippen molar-refractivity contribution in [3.05, 3.63) is 144 Å². The third kappa shape index (κ3) is 11.5. The molecule has 2 N–H and O–H groups in total. The molecule has 0 aromatic heterocycles. The van der Waals surface area contributed by atoms with E-state index in [2.05, 4.69) is 10.6 Å². The highest BCUT2D eigenvalue weighted by Gasteiger charge is 2.34. The Kier molecular flexibility index (Phi) is 11.9. The zero-order chi connectivity index (χ0) is 35.7. The van der Waals surface area contributed by atoms with E-state index in [1.165, 1.54) is 0 Å². The number of amides is 2. The first-order valence-electron chi connectivity index (χ1n) is 16.0. The fourth-order valence-electron chi connectivity index (χ4n) is 4.86. The van der Waals surface area contributed by atoms with Crippen LogP contribution in [0.5, 0.6) is 0 Å². The lowest BCUT2D eigenvalue weighted by Crippen LogP contribution is -2.27. The minimum atomic E-state index is -4.03. The summed E-state index contributed by atoms with van der Waals surface area (Å²) >= 11 is 0. The number of carbonyl (C=O) groups excluding carboxylic acids is 2. The van der Waals surface area contributed by atoms with E-state index in [-0.39, 0.29) is 0 Å². The maximum Gasteiger partial charge on any atom is 0.412 e. The fourth-order valence-corrected chi connectivity index (χ4v) is 6.84. The molecule has 9 heteroatoms. The number of benzene rings is 4. The molecule has 2 atom stereocenters. The molecule has 256 valence electrons. The Morgan fingerprint density at radius 2 is 0.878 bits per heavy atom. The highest BCUT2D eigenvalue weighted by molar-refractivity contribution is 7.92. The van der Waals surface area contributed by atoms with E-state index in [9.17, 15) is 18.0 Å². The minimum Gasteiger partial charge on any atom is -0.444 e. The van der Waals surface area contributed by atoms with Crippen molar-refractivity contribution in [2.75, 3.05) is 10.6 Å². The first kappa shape index (κ1) is 36.7. The normalized spacial score (nSPS) is 13.5. The Hall–Kier alpha value is -5.15. The molecule has 4 aromatic carbocycles. The monoisotopic (exact) mass is 680 g/mol. The van der Waals surface area contributed by atoms with Crippen molar-refractivity contribution in [2.45, 2.75) is 63.2 Å². The summed E-state index contributed by atoms with van der Waals surface area (Å²) < 4.78 is 40.4. The van der Waals surface area contributed by atoms with Gasteiger partial charge >= 0.3 is 12.2 Å². The predicted octanol–water partition coefficient (Wildman–Crippen LogP) is 10.0. The highest BCUT2D eigenvalue weighted by atomic mass is 32.2. The smallest absolute Gasteiger partial charge is 0.412 e. The predicted molar refractivity (Wildman–Crippen MR) is 198 cm³/mol. The van der Waals surface area contributed by atoms with Gasteiger partial charge in [0, 0.05) is 11.4 Å². The Morgan fingerprint density at radius 3 is 1.18 bits per heavy atom. The van der Waals surface area contributed by atoms with Crippen molar-refractivity contribution in [3.8, 4) is 0 Å². The summed E-state index contributed by atoms with van der Waals surface area (Å²) in [5.41, 5.74) is 2.32. The first-order chi connectivity index (χ1) is 23.1. The van der Waals surface area contributed by atoms with E-state index in [0.29, 0.717) is 22.5 Å². The molecule has 4 rings (SSSR count). The third-order valence-corrected chi connectivity index (χ3v) is 9.28. The number of sulfone groups is 1. The van der Waals surface area contributed by atoms with Gasteiger partial charge in [0.1, 0.15) is 21.7 Å². The molecule has 2 unspecified atom stereocenters. The average Bonchev–Trinajstić information content (AvgIpc) is 3.02. The summed E-state index contributed by atoms with van der Waals surface area (Å²) in [6.45, 7) is 10.7. The van der Waals surface area contributed by atoms with Crippen LogP contribution in [0.15, 0.2) is 121 Å². The van der Waals surface area contributed by atoms with Crippen LogP contribution in [-0.4, -0.2) is 31.8 Å².